The van der Waals surface area contributed by atoms with Crippen molar-refractivity contribution in [2.24, 2.45) is 0 Å². The van der Waals surface area contributed by atoms with Crippen LogP contribution in [0.1, 0.15) is 23.2 Å². The number of esters is 1. The van der Waals surface area contributed by atoms with Crippen molar-refractivity contribution in [3.05, 3.63) is 11.5 Å². The lowest BCUT2D eigenvalue weighted by Crippen LogP contribution is -2.08. The van der Waals surface area contributed by atoms with Crippen LogP contribution in [0.25, 0.3) is 0 Å². The smallest absolute Gasteiger partial charge is 0.360 e. The zero-order chi connectivity index (χ0) is 11.4. The van der Waals surface area contributed by atoms with Crippen LogP contribution in [-0.2, 0) is 11.3 Å². The van der Waals surface area contributed by atoms with Crippen LogP contribution in [-0.4, -0.2) is 22.6 Å². The maximum absolute atomic E-state index is 11.3. The number of nitrogens with two attached hydrogens (primary N) is 1. The number of aryl methyl sites for hydroxylation is 1. The predicted molar refractivity (Wildman–Crippen MR) is 56.2 cm³/mol. The number of imidazole rings is 1. The molecular weight excluding hydrogens is 194 g/mol. The second-order valence-electron chi connectivity index (χ2n) is 2.90. The van der Waals surface area contributed by atoms with Gasteiger partial charge in [0.15, 0.2) is 5.69 Å². The van der Waals surface area contributed by atoms with Crippen LogP contribution in [0.15, 0.2) is 0 Å². The number of hydrogen-bond acceptors (Lipinski definition) is 4. The van der Waals surface area contributed by atoms with E-state index in [1.165, 1.54) is 7.11 Å². The molecule has 15 heavy (non-hydrogen) atoms. The molecule has 0 saturated heterocycles. The predicted octanol–water partition coefficient (Wildman–Crippen LogP) is 0.584. The Morgan fingerprint density at radius 3 is 2.87 bits per heavy atom. The molecule has 0 aliphatic carbocycles. The number of aromatic nitrogens is 2. The van der Waals surface area contributed by atoms with Gasteiger partial charge in [0.1, 0.15) is 11.6 Å². The second kappa shape index (κ2) is 4.51. The molecule has 2 N–H and O–H groups in total. The van der Waals surface area contributed by atoms with Crippen molar-refractivity contribution in [2.45, 2.75) is 20.4 Å². The third-order valence-corrected chi connectivity index (χ3v) is 1.99. The molecular formula is C10H13N3O2. The SMILES string of the molecule is CC#CCn1c(C)nc(C(=O)OC)c1N. The molecule has 5 nitrogen and oxygen atoms in total. The van der Waals surface area contributed by atoms with E-state index in [1.807, 2.05) is 0 Å². The fourth-order valence-electron chi connectivity index (χ4n) is 1.19. The molecule has 80 valence electrons. The minimum absolute atomic E-state index is 0.146. The molecule has 0 aromatic carbocycles. The zero-order valence-electron chi connectivity index (χ0n) is 9.00. The Balaban J connectivity index is 3.12. The number of anilines is 1. The summed E-state index contributed by atoms with van der Waals surface area (Å²) in [5.41, 5.74) is 5.90. The quantitative estimate of drug-likeness (QED) is 0.569. The minimum Gasteiger partial charge on any atom is -0.464 e. The van der Waals surface area contributed by atoms with Gasteiger partial charge in [0, 0.05) is 0 Å². The molecule has 5 heteroatoms. The number of carbonyl (C=O) groups excluding carboxylic acids is 1. The first-order chi connectivity index (χ1) is 7.11. The van der Waals surface area contributed by atoms with Crippen LogP contribution >= 0.6 is 0 Å². The molecule has 0 spiro atoms. The maximum atomic E-state index is 11.3. The average molecular weight is 207 g/mol. The minimum atomic E-state index is -0.529. The summed E-state index contributed by atoms with van der Waals surface area (Å²) in [7, 11) is 1.29. The lowest BCUT2D eigenvalue weighted by molar-refractivity contribution is 0.0595. The summed E-state index contributed by atoms with van der Waals surface area (Å²) in [6, 6.07) is 0. The van der Waals surface area contributed by atoms with Gasteiger partial charge in [-0.2, -0.15) is 0 Å². The Labute approximate surface area is 88.2 Å². The van der Waals surface area contributed by atoms with Crippen molar-refractivity contribution < 1.29 is 9.53 Å². The number of nitrogens with zero attached hydrogens (tertiary/aromatic N) is 2. The van der Waals surface area contributed by atoms with Gasteiger partial charge in [-0.05, 0) is 13.8 Å². The molecule has 1 rings (SSSR count). The van der Waals surface area contributed by atoms with Gasteiger partial charge in [-0.1, -0.05) is 5.92 Å². The largest absolute Gasteiger partial charge is 0.464 e. The normalized spacial score (nSPS) is 9.27. The lowest BCUT2D eigenvalue weighted by Gasteiger charge is -2.01. The van der Waals surface area contributed by atoms with Crippen molar-refractivity contribution in [1.82, 2.24) is 9.55 Å². The van der Waals surface area contributed by atoms with Crippen molar-refractivity contribution in [3.8, 4) is 11.8 Å². The highest BCUT2D eigenvalue weighted by Crippen LogP contribution is 2.14. The van der Waals surface area contributed by atoms with Gasteiger partial charge in [0.25, 0.3) is 0 Å². The highest BCUT2D eigenvalue weighted by Gasteiger charge is 2.18. The molecule has 0 aliphatic heterocycles. The topological polar surface area (TPSA) is 70.1 Å². The van der Waals surface area contributed by atoms with Crippen molar-refractivity contribution in [2.75, 3.05) is 12.8 Å². The van der Waals surface area contributed by atoms with E-state index < -0.39 is 5.97 Å². The van der Waals surface area contributed by atoms with E-state index in [9.17, 15) is 4.79 Å². The molecule has 0 radical (unpaired) electrons. The van der Waals surface area contributed by atoms with Gasteiger partial charge in [-0.25, -0.2) is 9.78 Å². The lowest BCUT2D eigenvalue weighted by atomic mass is 10.4. The molecule has 0 unspecified atom stereocenters. The number of methoxy groups -OCH3 is 1. The average Bonchev–Trinajstić information content (AvgIpc) is 2.51. The van der Waals surface area contributed by atoms with Crippen LogP contribution < -0.4 is 5.73 Å². The van der Waals surface area contributed by atoms with Crippen molar-refractivity contribution in [1.29, 1.82) is 0 Å². The Morgan fingerprint density at radius 1 is 1.67 bits per heavy atom. The number of nitrogen functional groups attached to an aromatic ring is 1. The molecule has 1 aromatic heterocycles. The second-order valence-corrected chi connectivity index (χ2v) is 2.90. The molecule has 1 heterocycles. The molecule has 0 atom stereocenters. The van der Waals surface area contributed by atoms with E-state index in [2.05, 4.69) is 21.6 Å². The van der Waals surface area contributed by atoms with E-state index >= 15 is 0 Å². The third kappa shape index (κ3) is 2.10. The van der Waals surface area contributed by atoms with E-state index in [0.29, 0.717) is 18.2 Å². The Hall–Kier alpha value is -1.96. The Kier molecular flexibility index (Phi) is 3.34. The van der Waals surface area contributed by atoms with E-state index in [1.54, 1.807) is 18.4 Å². The molecule has 0 fully saturated rings. The summed E-state index contributed by atoms with van der Waals surface area (Å²) in [6.45, 7) is 3.93. The van der Waals surface area contributed by atoms with Crippen LogP contribution in [0.5, 0.6) is 0 Å². The van der Waals surface area contributed by atoms with Crippen molar-refractivity contribution in [3.63, 3.8) is 0 Å². The molecule has 0 saturated carbocycles. The molecule has 1 aromatic rings. The van der Waals surface area contributed by atoms with E-state index in [-0.39, 0.29) is 5.69 Å². The summed E-state index contributed by atoms with van der Waals surface area (Å²) in [4.78, 5) is 15.3. The number of hydrogen-bond donors (Lipinski definition) is 1. The fourth-order valence-corrected chi connectivity index (χ4v) is 1.19. The van der Waals surface area contributed by atoms with E-state index in [0.717, 1.165) is 0 Å². The summed E-state index contributed by atoms with van der Waals surface area (Å²) < 4.78 is 6.23. The molecule has 0 aliphatic rings. The first-order valence-corrected chi connectivity index (χ1v) is 4.42. The third-order valence-electron chi connectivity index (χ3n) is 1.99. The monoisotopic (exact) mass is 207 g/mol. The van der Waals surface area contributed by atoms with Gasteiger partial charge < -0.3 is 15.0 Å². The molecule has 0 bridgehead atoms. The van der Waals surface area contributed by atoms with Crippen LogP contribution in [0, 0.1) is 18.8 Å². The number of rotatable bonds is 2. The molecule has 0 amide bonds. The van der Waals surface area contributed by atoms with Crippen LogP contribution in [0.3, 0.4) is 0 Å². The van der Waals surface area contributed by atoms with E-state index in [4.69, 9.17) is 5.73 Å². The first kappa shape index (κ1) is 11.1. The maximum Gasteiger partial charge on any atom is 0.360 e. The highest BCUT2D eigenvalue weighted by molar-refractivity contribution is 5.92. The standard InChI is InChI=1S/C10H13N3O2/c1-4-5-6-13-7(2)12-8(9(13)11)10(14)15-3/h6,11H2,1-3H3. The van der Waals surface area contributed by atoms with Gasteiger partial charge in [-0.15, -0.1) is 5.92 Å². The summed E-state index contributed by atoms with van der Waals surface area (Å²) in [5.74, 6) is 6.02. The summed E-state index contributed by atoms with van der Waals surface area (Å²) >= 11 is 0. The number of ether oxygens (including phenoxy) is 1. The zero-order valence-corrected chi connectivity index (χ0v) is 9.00. The number of carbonyl (C=O) groups is 1. The fraction of sp³-hybridized carbons (Fsp3) is 0.400. The van der Waals surface area contributed by atoms with Gasteiger partial charge in [-0.3, -0.25) is 0 Å². The highest BCUT2D eigenvalue weighted by atomic mass is 16.5. The van der Waals surface area contributed by atoms with Crippen LogP contribution in [0.2, 0.25) is 0 Å². The summed E-state index contributed by atoms with van der Waals surface area (Å²) in [5, 5.41) is 0. The van der Waals surface area contributed by atoms with Gasteiger partial charge in [0.05, 0.1) is 13.7 Å². The van der Waals surface area contributed by atoms with Crippen LogP contribution in [0.4, 0.5) is 5.82 Å². The Bertz CT molecular complexity index is 438. The first-order valence-electron chi connectivity index (χ1n) is 4.42. The van der Waals surface area contributed by atoms with Gasteiger partial charge >= 0.3 is 5.97 Å². The Morgan fingerprint density at radius 2 is 2.33 bits per heavy atom. The summed E-state index contributed by atoms with van der Waals surface area (Å²) in [6.07, 6.45) is 0. The van der Waals surface area contributed by atoms with Gasteiger partial charge in [0.2, 0.25) is 0 Å². The van der Waals surface area contributed by atoms with Crippen molar-refractivity contribution >= 4 is 11.8 Å².